The van der Waals surface area contributed by atoms with E-state index in [0.717, 1.165) is 51.4 Å². The van der Waals surface area contributed by atoms with Crippen LogP contribution in [-0.4, -0.2) is 47.4 Å². The Balaban J connectivity index is 3.35. The molecule has 6 heteroatoms. The molecular weight excluding hydrogens is 1020 g/mol. The maximum absolute atomic E-state index is 12.6. The van der Waals surface area contributed by atoms with Gasteiger partial charge in [-0.2, -0.15) is 0 Å². The summed E-state index contributed by atoms with van der Waals surface area (Å²) in [6.45, 7) is 4.93. The largest absolute Gasteiger partial charge is 0.466 e. The van der Waals surface area contributed by atoms with Crippen LogP contribution in [0.5, 0.6) is 0 Å². The van der Waals surface area contributed by atoms with Gasteiger partial charge in [0, 0.05) is 12.8 Å². The molecule has 0 bridgehead atoms. The Hall–Kier alpha value is -1.66. The van der Waals surface area contributed by atoms with Crippen molar-refractivity contribution in [2.24, 2.45) is 0 Å². The molecule has 0 fully saturated rings. The number of carbonyl (C=O) groups is 2. The van der Waals surface area contributed by atoms with E-state index in [0.29, 0.717) is 25.9 Å². The Morgan fingerprint density at radius 3 is 0.964 bits per heavy atom. The minimum Gasteiger partial charge on any atom is -0.466 e. The number of nitrogens with one attached hydrogen (secondary N) is 1. The van der Waals surface area contributed by atoms with E-state index in [4.69, 9.17) is 4.74 Å². The average molecular weight is 1170 g/mol. The molecule has 6 nitrogen and oxygen atoms in total. The van der Waals surface area contributed by atoms with Crippen LogP contribution in [-0.2, 0) is 14.3 Å². The maximum Gasteiger partial charge on any atom is 0.305 e. The lowest BCUT2D eigenvalue weighted by atomic mass is 10.0. The fourth-order valence-corrected chi connectivity index (χ4v) is 12.2. The molecule has 0 saturated heterocycles. The highest BCUT2D eigenvalue weighted by Crippen LogP contribution is 2.20. The summed E-state index contributed by atoms with van der Waals surface area (Å²) in [5, 5.41) is 23.5. The van der Waals surface area contributed by atoms with Gasteiger partial charge in [0.05, 0.1) is 25.4 Å². The fourth-order valence-electron chi connectivity index (χ4n) is 12.2. The summed E-state index contributed by atoms with van der Waals surface area (Å²) >= 11 is 0. The summed E-state index contributed by atoms with van der Waals surface area (Å²) < 4.78 is 5.48. The molecule has 0 aliphatic carbocycles. The molecule has 0 spiro atoms. The van der Waals surface area contributed by atoms with E-state index in [2.05, 4.69) is 43.5 Å². The first-order valence-corrected chi connectivity index (χ1v) is 38.1. The van der Waals surface area contributed by atoms with E-state index >= 15 is 0 Å². The lowest BCUT2D eigenvalue weighted by Gasteiger charge is -2.22. The Kier molecular flexibility index (Phi) is 71.4. The van der Waals surface area contributed by atoms with Crippen molar-refractivity contribution >= 4 is 11.9 Å². The number of hydrogen-bond donors (Lipinski definition) is 3. The zero-order valence-electron chi connectivity index (χ0n) is 56.5. The zero-order chi connectivity index (χ0) is 59.9. The van der Waals surface area contributed by atoms with Gasteiger partial charge in [-0.1, -0.05) is 391 Å². The van der Waals surface area contributed by atoms with E-state index in [1.54, 1.807) is 0 Å². The number of amides is 1. The molecule has 0 heterocycles. The number of hydrogen-bond acceptors (Lipinski definition) is 5. The second-order valence-corrected chi connectivity index (χ2v) is 26.3. The van der Waals surface area contributed by atoms with Gasteiger partial charge in [-0.25, -0.2) is 0 Å². The van der Waals surface area contributed by atoms with E-state index in [1.165, 1.54) is 347 Å². The Morgan fingerprint density at radius 1 is 0.337 bits per heavy atom. The van der Waals surface area contributed by atoms with E-state index in [9.17, 15) is 19.8 Å². The summed E-state index contributed by atoms with van der Waals surface area (Å²) in [5.41, 5.74) is 0. The minimum atomic E-state index is -0.664. The van der Waals surface area contributed by atoms with Gasteiger partial charge in [0.25, 0.3) is 0 Å². The lowest BCUT2D eigenvalue weighted by molar-refractivity contribution is -0.143. The molecule has 3 N–H and O–H groups in total. The molecule has 492 valence electrons. The van der Waals surface area contributed by atoms with Crippen LogP contribution in [0, 0.1) is 0 Å². The standard InChI is InChI=1S/C77H149NO5/c1-3-5-7-9-11-13-15-17-18-19-20-21-22-27-30-33-36-39-42-46-49-53-57-61-65-69-75(80)74(73-79)78-76(81)70-66-62-58-54-50-47-43-40-37-34-31-28-25-23-24-26-29-32-35-38-41-44-48-52-56-60-64-68-72-83-77(82)71-67-63-59-55-51-45-16-14-12-10-8-6-4-2/h8,10,14,16,74-75,79-80H,3-7,9,11-13,15,17-73H2,1-2H3,(H,78,81)/b10-8-,16-14-. The summed E-state index contributed by atoms with van der Waals surface area (Å²) in [7, 11) is 0. The number of aliphatic hydroxyl groups excluding tert-OH is 2. The Bertz CT molecular complexity index is 1300. The predicted molar refractivity (Wildman–Crippen MR) is 366 cm³/mol. The highest BCUT2D eigenvalue weighted by Gasteiger charge is 2.20. The molecular formula is C77H149NO5. The Labute approximate surface area is 520 Å². The topological polar surface area (TPSA) is 95.9 Å². The van der Waals surface area contributed by atoms with Crippen LogP contribution in [0.3, 0.4) is 0 Å². The summed E-state index contributed by atoms with van der Waals surface area (Å²) in [4.78, 5) is 24.6. The highest BCUT2D eigenvalue weighted by molar-refractivity contribution is 5.76. The second kappa shape index (κ2) is 72.8. The smallest absolute Gasteiger partial charge is 0.305 e. The highest BCUT2D eigenvalue weighted by atomic mass is 16.5. The van der Waals surface area contributed by atoms with Gasteiger partial charge in [0.1, 0.15) is 0 Å². The maximum atomic E-state index is 12.6. The second-order valence-electron chi connectivity index (χ2n) is 26.3. The van der Waals surface area contributed by atoms with Crippen molar-refractivity contribution in [1.82, 2.24) is 5.32 Å². The molecule has 0 aromatic carbocycles. The van der Waals surface area contributed by atoms with Gasteiger partial charge in [0.15, 0.2) is 0 Å². The monoisotopic (exact) mass is 1170 g/mol. The SMILES string of the molecule is CCC/C=C\C/C=C\CCCCCCCC(=O)OCCCCCCCCCCCCCCCCCCCCCCCCCCCCCCC(=O)NC(CO)C(O)CCCCCCCCCCCCCCCCCCCCCCCCCCC. The van der Waals surface area contributed by atoms with E-state index < -0.39 is 12.1 Å². The fraction of sp³-hybridized carbons (Fsp3) is 0.922. The minimum absolute atomic E-state index is 0.00434. The first-order chi connectivity index (χ1) is 41.0. The van der Waals surface area contributed by atoms with Crippen LogP contribution in [0.2, 0.25) is 0 Å². The van der Waals surface area contributed by atoms with Gasteiger partial charge in [-0.05, 0) is 51.4 Å². The molecule has 0 aromatic rings. The van der Waals surface area contributed by atoms with Crippen LogP contribution < -0.4 is 5.32 Å². The number of unbranched alkanes of at least 4 members (excludes halogenated alkanes) is 57. The van der Waals surface area contributed by atoms with Crippen molar-refractivity contribution in [3.8, 4) is 0 Å². The first kappa shape index (κ1) is 81.3. The van der Waals surface area contributed by atoms with Crippen LogP contribution in [0.1, 0.15) is 431 Å². The molecule has 0 rings (SSSR count). The van der Waals surface area contributed by atoms with Crippen LogP contribution in [0.4, 0.5) is 0 Å². The van der Waals surface area contributed by atoms with Crippen LogP contribution >= 0.6 is 0 Å². The molecule has 83 heavy (non-hydrogen) atoms. The van der Waals surface area contributed by atoms with Crippen molar-refractivity contribution < 1.29 is 24.5 Å². The van der Waals surface area contributed by atoms with Crippen LogP contribution in [0.15, 0.2) is 24.3 Å². The van der Waals surface area contributed by atoms with Crippen molar-refractivity contribution in [2.75, 3.05) is 13.2 Å². The number of allylic oxidation sites excluding steroid dienone is 4. The zero-order valence-corrected chi connectivity index (χ0v) is 56.5. The third-order valence-electron chi connectivity index (χ3n) is 18.0. The van der Waals surface area contributed by atoms with Gasteiger partial charge >= 0.3 is 5.97 Å². The van der Waals surface area contributed by atoms with E-state index in [1.807, 2.05) is 0 Å². The predicted octanol–water partition coefficient (Wildman–Crippen LogP) is 24.9. The van der Waals surface area contributed by atoms with Gasteiger partial charge in [0.2, 0.25) is 5.91 Å². The first-order valence-electron chi connectivity index (χ1n) is 38.1. The number of carbonyl (C=O) groups excluding carboxylic acids is 2. The molecule has 1 amide bonds. The molecule has 0 saturated carbocycles. The lowest BCUT2D eigenvalue weighted by Crippen LogP contribution is -2.45. The molecule has 0 aliphatic rings. The van der Waals surface area contributed by atoms with Gasteiger partial charge in [-0.3, -0.25) is 9.59 Å². The summed E-state index contributed by atoms with van der Waals surface area (Å²) in [6.07, 6.45) is 92.5. The molecule has 2 atom stereocenters. The molecule has 2 unspecified atom stereocenters. The van der Waals surface area contributed by atoms with Crippen molar-refractivity contribution in [2.45, 2.75) is 443 Å². The normalized spacial score (nSPS) is 12.6. The van der Waals surface area contributed by atoms with Crippen LogP contribution in [0.25, 0.3) is 0 Å². The Morgan fingerprint density at radius 2 is 0.627 bits per heavy atom. The number of ether oxygens (including phenoxy) is 1. The van der Waals surface area contributed by atoms with Crippen molar-refractivity contribution in [3.63, 3.8) is 0 Å². The number of rotatable bonds is 72. The van der Waals surface area contributed by atoms with Gasteiger partial charge < -0.3 is 20.3 Å². The van der Waals surface area contributed by atoms with Crippen molar-refractivity contribution in [1.29, 1.82) is 0 Å². The summed E-state index contributed by atoms with van der Waals surface area (Å²) in [5.74, 6) is -0.0219. The van der Waals surface area contributed by atoms with Gasteiger partial charge in [-0.15, -0.1) is 0 Å². The molecule has 0 radical (unpaired) electrons. The van der Waals surface area contributed by atoms with E-state index in [-0.39, 0.29) is 18.5 Å². The number of aliphatic hydroxyl groups is 2. The molecule has 0 aromatic heterocycles. The van der Waals surface area contributed by atoms with Crippen molar-refractivity contribution in [3.05, 3.63) is 24.3 Å². The third kappa shape index (κ3) is 69.3. The number of esters is 1. The summed E-state index contributed by atoms with van der Waals surface area (Å²) in [6, 6.07) is -0.540. The third-order valence-corrected chi connectivity index (χ3v) is 18.0. The average Bonchev–Trinajstić information content (AvgIpc) is 3.48. The molecule has 0 aliphatic heterocycles. The quantitative estimate of drug-likeness (QED) is 0.0320.